The molecule has 0 bridgehead atoms. The molecule has 3 heterocycles. The van der Waals surface area contributed by atoms with E-state index in [1.54, 1.807) is 23.1 Å². The van der Waals surface area contributed by atoms with E-state index >= 15 is 0 Å². The molecule has 0 saturated carbocycles. The predicted molar refractivity (Wildman–Crippen MR) is 87.3 cm³/mol. The summed E-state index contributed by atoms with van der Waals surface area (Å²) < 4.78 is 5.17. The Hall–Kier alpha value is -1.11. The van der Waals surface area contributed by atoms with Gasteiger partial charge in [-0.15, -0.1) is 11.3 Å². The smallest absolute Gasteiger partial charge is 0.190 e. The molecule has 3 aromatic heterocycles. The van der Waals surface area contributed by atoms with Crippen LogP contribution in [0.25, 0.3) is 10.2 Å². The van der Waals surface area contributed by atoms with E-state index in [0.29, 0.717) is 10.3 Å². The second-order valence-electron chi connectivity index (χ2n) is 4.67. The molecule has 4 nitrogen and oxygen atoms in total. The van der Waals surface area contributed by atoms with Crippen molar-refractivity contribution in [2.24, 2.45) is 0 Å². The minimum atomic E-state index is 0.525. The third-order valence-electron chi connectivity index (χ3n) is 3.25. The Morgan fingerprint density at radius 3 is 2.81 bits per heavy atom. The predicted octanol–water partition coefficient (Wildman–Crippen LogP) is 4.80. The molecular weight excluding hydrogens is 326 g/mol. The van der Waals surface area contributed by atoms with Crippen LogP contribution >= 0.6 is 34.7 Å². The number of hydrogen-bond donors (Lipinski definition) is 0. The van der Waals surface area contributed by atoms with Crippen molar-refractivity contribution in [2.45, 2.75) is 38.1 Å². The minimum absolute atomic E-state index is 0.525. The van der Waals surface area contributed by atoms with E-state index < -0.39 is 0 Å². The van der Waals surface area contributed by atoms with Crippen LogP contribution in [0, 0.1) is 13.8 Å². The number of fused-ring (bicyclic) bond motifs is 1. The van der Waals surface area contributed by atoms with E-state index in [9.17, 15) is 0 Å². The fourth-order valence-electron chi connectivity index (χ4n) is 2.00. The number of halogens is 1. The molecule has 0 aliphatic rings. The standard InChI is InChI=1S/C14H14ClN3OS2/c1-4-9-5-10-12(15)16-14(17-13(10)21-9)20-6-11-7(2)18-19-8(11)3/h5H,4,6H2,1-3H3. The fraction of sp³-hybridized carbons (Fsp3) is 0.357. The van der Waals surface area contributed by atoms with Crippen molar-refractivity contribution in [3.05, 3.63) is 33.1 Å². The molecule has 21 heavy (non-hydrogen) atoms. The lowest BCUT2D eigenvalue weighted by molar-refractivity contribution is 0.392. The topological polar surface area (TPSA) is 51.8 Å². The van der Waals surface area contributed by atoms with Crippen LogP contribution in [0.15, 0.2) is 15.7 Å². The maximum atomic E-state index is 6.27. The maximum absolute atomic E-state index is 6.27. The van der Waals surface area contributed by atoms with Gasteiger partial charge in [0.2, 0.25) is 0 Å². The summed E-state index contributed by atoms with van der Waals surface area (Å²) in [6.07, 6.45) is 0.985. The highest BCUT2D eigenvalue weighted by Gasteiger charge is 2.13. The molecule has 0 fully saturated rings. The Balaban J connectivity index is 1.87. The average Bonchev–Trinajstić information content (AvgIpc) is 3.01. The second-order valence-corrected chi connectivity index (χ2v) is 7.09. The Morgan fingerprint density at radius 2 is 2.14 bits per heavy atom. The highest BCUT2D eigenvalue weighted by Crippen LogP contribution is 2.32. The molecule has 0 amide bonds. The molecule has 0 atom stereocenters. The van der Waals surface area contributed by atoms with Crippen molar-refractivity contribution in [1.82, 2.24) is 15.1 Å². The Morgan fingerprint density at radius 1 is 1.33 bits per heavy atom. The van der Waals surface area contributed by atoms with E-state index in [1.165, 1.54) is 4.88 Å². The van der Waals surface area contributed by atoms with Gasteiger partial charge in [-0.05, 0) is 26.3 Å². The summed E-state index contributed by atoms with van der Waals surface area (Å²) in [5, 5.41) is 6.12. The number of nitrogens with zero attached hydrogens (tertiary/aromatic N) is 3. The Bertz CT molecular complexity index is 777. The maximum Gasteiger partial charge on any atom is 0.190 e. The number of aryl methyl sites for hydroxylation is 3. The molecule has 7 heteroatoms. The quantitative estimate of drug-likeness (QED) is 0.388. The lowest BCUT2D eigenvalue weighted by atomic mass is 10.2. The SMILES string of the molecule is CCc1cc2c(Cl)nc(SCc3c(C)noc3C)nc2s1. The molecule has 0 radical (unpaired) electrons. The first-order valence-electron chi connectivity index (χ1n) is 6.59. The summed E-state index contributed by atoms with van der Waals surface area (Å²) in [6.45, 7) is 5.98. The van der Waals surface area contributed by atoms with Crippen LogP contribution in [-0.2, 0) is 12.2 Å². The number of thioether (sulfide) groups is 1. The monoisotopic (exact) mass is 339 g/mol. The third-order valence-corrected chi connectivity index (χ3v) is 5.59. The number of rotatable bonds is 4. The zero-order chi connectivity index (χ0) is 15.0. The van der Waals surface area contributed by atoms with Gasteiger partial charge in [-0.2, -0.15) is 0 Å². The lowest BCUT2D eigenvalue weighted by Crippen LogP contribution is -1.90. The zero-order valence-electron chi connectivity index (χ0n) is 11.9. The van der Waals surface area contributed by atoms with Gasteiger partial charge in [0.1, 0.15) is 15.7 Å². The highest BCUT2D eigenvalue weighted by atomic mass is 35.5. The van der Waals surface area contributed by atoms with Crippen molar-refractivity contribution in [3.8, 4) is 0 Å². The highest BCUT2D eigenvalue weighted by molar-refractivity contribution is 7.98. The summed E-state index contributed by atoms with van der Waals surface area (Å²) in [5.41, 5.74) is 2.01. The summed E-state index contributed by atoms with van der Waals surface area (Å²) >= 11 is 9.49. The van der Waals surface area contributed by atoms with Crippen LogP contribution in [0.2, 0.25) is 5.15 Å². The van der Waals surface area contributed by atoms with E-state index in [-0.39, 0.29) is 0 Å². The van der Waals surface area contributed by atoms with Crippen LogP contribution in [0.4, 0.5) is 0 Å². The molecule has 0 aliphatic heterocycles. The lowest BCUT2D eigenvalue weighted by Gasteiger charge is -2.01. The van der Waals surface area contributed by atoms with Crippen molar-refractivity contribution < 1.29 is 4.52 Å². The van der Waals surface area contributed by atoms with Gasteiger partial charge in [0.05, 0.1) is 5.69 Å². The van der Waals surface area contributed by atoms with E-state index in [2.05, 4.69) is 28.1 Å². The van der Waals surface area contributed by atoms with Gasteiger partial charge in [-0.3, -0.25) is 0 Å². The van der Waals surface area contributed by atoms with Crippen molar-refractivity contribution in [3.63, 3.8) is 0 Å². The molecule has 0 aromatic carbocycles. The molecule has 3 rings (SSSR count). The Labute approximate surface area is 135 Å². The number of thiophene rings is 1. The normalized spacial score (nSPS) is 11.4. The van der Waals surface area contributed by atoms with Crippen LogP contribution in [0.5, 0.6) is 0 Å². The number of aromatic nitrogens is 3. The second kappa shape index (κ2) is 5.94. The molecule has 0 N–H and O–H groups in total. The van der Waals surface area contributed by atoms with Crippen molar-refractivity contribution >= 4 is 44.9 Å². The van der Waals surface area contributed by atoms with Crippen LogP contribution in [0.1, 0.15) is 28.8 Å². The van der Waals surface area contributed by atoms with Gasteiger partial charge in [0.15, 0.2) is 5.16 Å². The fourth-order valence-corrected chi connectivity index (χ4v) is 4.35. The third kappa shape index (κ3) is 2.93. The molecular formula is C14H14ClN3OS2. The number of hydrogen-bond acceptors (Lipinski definition) is 6. The van der Waals surface area contributed by atoms with Crippen molar-refractivity contribution in [1.29, 1.82) is 0 Å². The van der Waals surface area contributed by atoms with Crippen LogP contribution in [-0.4, -0.2) is 15.1 Å². The molecule has 0 aliphatic carbocycles. The first-order valence-corrected chi connectivity index (χ1v) is 8.77. The van der Waals surface area contributed by atoms with Gasteiger partial charge in [0.25, 0.3) is 0 Å². The van der Waals surface area contributed by atoms with E-state index in [4.69, 9.17) is 16.1 Å². The average molecular weight is 340 g/mol. The largest absolute Gasteiger partial charge is 0.361 e. The first kappa shape index (κ1) is 14.8. The van der Waals surface area contributed by atoms with E-state index in [0.717, 1.165) is 39.4 Å². The van der Waals surface area contributed by atoms with Crippen LogP contribution < -0.4 is 0 Å². The minimum Gasteiger partial charge on any atom is -0.361 e. The molecule has 110 valence electrons. The summed E-state index contributed by atoms with van der Waals surface area (Å²) in [6, 6.07) is 2.07. The molecule has 0 saturated heterocycles. The summed E-state index contributed by atoms with van der Waals surface area (Å²) in [5.74, 6) is 1.58. The van der Waals surface area contributed by atoms with E-state index in [1.807, 2.05) is 13.8 Å². The molecule has 0 spiro atoms. The van der Waals surface area contributed by atoms with Gasteiger partial charge in [-0.25, -0.2) is 9.97 Å². The summed E-state index contributed by atoms with van der Waals surface area (Å²) in [4.78, 5) is 11.2. The summed E-state index contributed by atoms with van der Waals surface area (Å²) in [7, 11) is 0. The Kier molecular flexibility index (Phi) is 4.19. The molecule has 3 aromatic rings. The van der Waals surface area contributed by atoms with Gasteiger partial charge in [0, 0.05) is 21.6 Å². The van der Waals surface area contributed by atoms with Gasteiger partial charge >= 0.3 is 0 Å². The van der Waals surface area contributed by atoms with Crippen molar-refractivity contribution in [2.75, 3.05) is 0 Å². The van der Waals surface area contributed by atoms with Crippen LogP contribution in [0.3, 0.4) is 0 Å². The zero-order valence-corrected chi connectivity index (χ0v) is 14.3. The van der Waals surface area contributed by atoms with Gasteiger partial charge in [-0.1, -0.05) is 35.4 Å². The van der Waals surface area contributed by atoms with Gasteiger partial charge < -0.3 is 4.52 Å². The first-order chi connectivity index (χ1) is 10.1. The molecule has 0 unspecified atom stereocenters.